The van der Waals surface area contributed by atoms with E-state index in [1.807, 2.05) is 12.1 Å². The largest absolute Gasteiger partial charge is 0.396 e. The molecule has 1 aromatic carbocycles. The summed E-state index contributed by atoms with van der Waals surface area (Å²) in [5.74, 6) is 0.448. The number of anilines is 2. The van der Waals surface area contributed by atoms with Crippen LogP contribution in [-0.4, -0.2) is 11.5 Å². The first-order chi connectivity index (χ1) is 8.27. The van der Waals surface area contributed by atoms with E-state index in [9.17, 15) is 0 Å². The van der Waals surface area contributed by atoms with Crippen LogP contribution in [0.1, 0.15) is 18.4 Å². The average Bonchev–Trinajstić information content (AvgIpc) is 2.38. The maximum atomic E-state index is 5.82. The maximum Gasteiger partial charge on any atom is 0.0736 e. The molecule has 1 unspecified atom stereocenters. The highest BCUT2D eigenvalue weighted by atomic mass is 14.9. The molecule has 0 bridgehead atoms. The van der Waals surface area contributed by atoms with Crippen molar-refractivity contribution < 1.29 is 0 Å². The summed E-state index contributed by atoms with van der Waals surface area (Å²) in [6, 6.07) is 12.3. The third kappa shape index (κ3) is 2.97. The first-order valence-corrected chi connectivity index (χ1v) is 5.75. The second kappa shape index (κ2) is 5.34. The molecule has 0 spiro atoms. The molecule has 88 valence electrons. The molecule has 0 aliphatic heterocycles. The summed E-state index contributed by atoms with van der Waals surface area (Å²) in [5, 5.41) is 3.35. The van der Waals surface area contributed by atoms with Crippen LogP contribution in [0, 0.1) is 0 Å². The predicted molar refractivity (Wildman–Crippen MR) is 72.0 cm³/mol. The van der Waals surface area contributed by atoms with E-state index < -0.39 is 0 Å². The molecule has 0 amide bonds. The van der Waals surface area contributed by atoms with Crippen LogP contribution in [0.5, 0.6) is 0 Å². The Bertz CT molecular complexity index is 468. The molecule has 0 aliphatic rings. The van der Waals surface area contributed by atoms with E-state index in [-0.39, 0.29) is 0 Å². The number of nitrogens with one attached hydrogen (secondary N) is 1. The highest BCUT2D eigenvalue weighted by Crippen LogP contribution is 2.19. The zero-order valence-electron chi connectivity index (χ0n) is 9.93. The van der Waals surface area contributed by atoms with Gasteiger partial charge in [-0.2, -0.15) is 0 Å². The number of aromatic nitrogens is 1. The third-order valence-electron chi connectivity index (χ3n) is 2.82. The van der Waals surface area contributed by atoms with Gasteiger partial charge < -0.3 is 11.1 Å². The minimum absolute atomic E-state index is 0.448. The van der Waals surface area contributed by atoms with Crippen LogP contribution in [0.2, 0.25) is 0 Å². The molecule has 0 saturated carbocycles. The number of benzene rings is 1. The Morgan fingerprint density at radius 2 is 2.00 bits per heavy atom. The highest BCUT2D eigenvalue weighted by Gasteiger charge is 2.05. The smallest absolute Gasteiger partial charge is 0.0736 e. The Morgan fingerprint density at radius 1 is 1.24 bits per heavy atom. The molecule has 0 saturated heterocycles. The van der Waals surface area contributed by atoms with Gasteiger partial charge in [0.05, 0.1) is 17.6 Å². The van der Waals surface area contributed by atoms with Crippen LogP contribution in [0.3, 0.4) is 0 Å². The number of nitrogens with two attached hydrogens (primary N) is 1. The summed E-state index contributed by atoms with van der Waals surface area (Å²) >= 11 is 0. The number of rotatable bonds is 4. The number of nitrogen functional groups attached to an aromatic ring is 1. The van der Waals surface area contributed by atoms with Crippen LogP contribution in [0.4, 0.5) is 11.4 Å². The zero-order valence-corrected chi connectivity index (χ0v) is 9.93. The van der Waals surface area contributed by atoms with E-state index >= 15 is 0 Å². The topological polar surface area (TPSA) is 50.9 Å². The van der Waals surface area contributed by atoms with Gasteiger partial charge in [0.1, 0.15) is 0 Å². The molecule has 3 N–H and O–H groups in total. The molecule has 1 aromatic heterocycles. The molecular weight excluding hydrogens is 210 g/mol. The van der Waals surface area contributed by atoms with E-state index in [0.29, 0.717) is 11.6 Å². The van der Waals surface area contributed by atoms with Crippen molar-refractivity contribution in [3.05, 3.63) is 54.4 Å². The van der Waals surface area contributed by atoms with Crippen molar-refractivity contribution in [2.75, 3.05) is 17.6 Å². The first kappa shape index (κ1) is 11.5. The Labute approximate surface area is 102 Å². The molecule has 0 fully saturated rings. The second-order valence-electron chi connectivity index (χ2n) is 4.16. The van der Waals surface area contributed by atoms with Crippen molar-refractivity contribution in [2.45, 2.75) is 12.8 Å². The maximum absolute atomic E-state index is 5.82. The summed E-state index contributed by atoms with van der Waals surface area (Å²) in [7, 11) is 0. The van der Waals surface area contributed by atoms with Gasteiger partial charge >= 0.3 is 0 Å². The molecular formula is C14H17N3. The molecule has 17 heavy (non-hydrogen) atoms. The van der Waals surface area contributed by atoms with Gasteiger partial charge in [-0.05, 0) is 17.5 Å². The monoisotopic (exact) mass is 227 g/mol. The average molecular weight is 227 g/mol. The fourth-order valence-electron chi connectivity index (χ4n) is 1.73. The lowest BCUT2D eigenvalue weighted by Crippen LogP contribution is -2.11. The number of nitrogens with zero attached hydrogens (tertiary/aromatic N) is 1. The first-order valence-electron chi connectivity index (χ1n) is 5.75. The van der Waals surface area contributed by atoms with E-state index in [1.165, 1.54) is 5.56 Å². The lowest BCUT2D eigenvalue weighted by molar-refractivity contribution is 0.805. The minimum Gasteiger partial charge on any atom is -0.396 e. The Kier molecular flexibility index (Phi) is 3.60. The summed E-state index contributed by atoms with van der Waals surface area (Å²) in [6.45, 7) is 3.05. The van der Waals surface area contributed by atoms with E-state index in [2.05, 4.69) is 41.5 Å². The molecule has 0 radical (unpaired) electrons. The summed E-state index contributed by atoms with van der Waals surface area (Å²) in [4.78, 5) is 3.97. The SMILES string of the molecule is CC(CNc1ccncc1N)c1ccccc1. The van der Waals surface area contributed by atoms with Crippen LogP contribution in [-0.2, 0) is 0 Å². The van der Waals surface area contributed by atoms with Gasteiger partial charge in [-0.3, -0.25) is 4.98 Å². The van der Waals surface area contributed by atoms with Crippen molar-refractivity contribution >= 4 is 11.4 Å². The quantitative estimate of drug-likeness (QED) is 0.844. The third-order valence-corrected chi connectivity index (χ3v) is 2.82. The summed E-state index contributed by atoms with van der Waals surface area (Å²) in [5.41, 5.74) is 8.78. The fraction of sp³-hybridized carbons (Fsp3) is 0.214. The van der Waals surface area contributed by atoms with Crippen molar-refractivity contribution in [3.8, 4) is 0 Å². The molecule has 3 heteroatoms. The minimum atomic E-state index is 0.448. The lowest BCUT2D eigenvalue weighted by atomic mass is 10.0. The standard InChI is InChI=1S/C14H17N3/c1-11(12-5-3-2-4-6-12)9-17-14-7-8-16-10-13(14)15/h2-8,10-11H,9,15H2,1H3,(H,16,17). The summed E-state index contributed by atoms with van der Waals surface area (Å²) in [6.07, 6.45) is 3.40. The zero-order chi connectivity index (χ0) is 12.1. The van der Waals surface area contributed by atoms with Crippen molar-refractivity contribution in [1.82, 2.24) is 4.98 Å². The van der Waals surface area contributed by atoms with Crippen LogP contribution in [0.25, 0.3) is 0 Å². The number of hydrogen-bond donors (Lipinski definition) is 2. The Hall–Kier alpha value is -2.03. The van der Waals surface area contributed by atoms with Gasteiger partial charge in [-0.1, -0.05) is 37.3 Å². The predicted octanol–water partition coefficient (Wildman–Crippen LogP) is 2.88. The molecule has 0 aliphatic carbocycles. The van der Waals surface area contributed by atoms with Crippen molar-refractivity contribution in [1.29, 1.82) is 0 Å². The Balaban J connectivity index is 1.97. The van der Waals surface area contributed by atoms with Gasteiger partial charge in [-0.25, -0.2) is 0 Å². The molecule has 2 rings (SSSR count). The molecule has 1 heterocycles. The van der Waals surface area contributed by atoms with Gasteiger partial charge in [0.25, 0.3) is 0 Å². The Morgan fingerprint density at radius 3 is 2.71 bits per heavy atom. The van der Waals surface area contributed by atoms with Gasteiger partial charge in [0, 0.05) is 12.7 Å². The van der Waals surface area contributed by atoms with E-state index in [0.717, 1.165) is 12.2 Å². The van der Waals surface area contributed by atoms with Crippen molar-refractivity contribution in [3.63, 3.8) is 0 Å². The second-order valence-corrected chi connectivity index (χ2v) is 4.16. The van der Waals surface area contributed by atoms with Gasteiger partial charge in [0.2, 0.25) is 0 Å². The number of pyridine rings is 1. The van der Waals surface area contributed by atoms with Gasteiger partial charge in [0.15, 0.2) is 0 Å². The molecule has 2 aromatic rings. The normalized spacial score (nSPS) is 12.1. The molecule has 1 atom stereocenters. The van der Waals surface area contributed by atoms with Crippen LogP contribution in [0.15, 0.2) is 48.8 Å². The fourth-order valence-corrected chi connectivity index (χ4v) is 1.73. The van der Waals surface area contributed by atoms with Crippen LogP contribution >= 0.6 is 0 Å². The van der Waals surface area contributed by atoms with Gasteiger partial charge in [-0.15, -0.1) is 0 Å². The lowest BCUT2D eigenvalue weighted by Gasteiger charge is -2.14. The number of hydrogen-bond acceptors (Lipinski definition) is 3. The summed E-state index contributed by atoms with van der Waals surface area (Å²) < 4.78 is 0. The van der Waals surface area contributed by atoms with Crippen molar-refractivity contribution in [2.24, 2.45) is 0 Å². The van der Waals surface area contributed by atoms with E-state index in [1.54, 1.807) is 12.4 Å². The van der Waals surface area contributed by atoms with Crippen LogP contribution < -0.4 is 11.1 Å². The highest BCUT2D eigenvalue weighted by molar-refractivity contribution is 5.64. The van der Waals surface area contributed by atoms with E-state index in [4.69, 9.17) is 5.73 Å². The molecule has 3 nitrogen and oxygen atoms in total.